The van der Waals surface area contributed by atoms with Crippen LogP contribution >= 0.6 is 0 Å². The van der Waals surface area contributed by atoms with E-state index in [1.54, 1.807) is 0 Å². The predicted octanol–water partition coefficient (Wildman–Crippen LogP) is 0.400. The van der Waals surface area contributed by atoms with Crippen molar-refractivity contribution in [1.82, 2.24) is 9.19 Å². The van der Waals surface area contributed by atoms with Crippen molar-refractivity contribution in [2.45, 2.75) is 12.2 Å². The lowest BCUT2D eigenvalue weighted by Crippen LogP contribution is -2.32. The van der Waals surface area contributed by atoms with Crippen LogP contribution < -0.4 is 5.14 Å². The second-order valence-corrected chi connectivity index (χ2v) is 6.55. The zero-order valence-electron chi connectivity index (χ0n) is 11.0. The monoisotopic (exact) mass is 307 g/mol. The molecule has 0 saturated carbocycles. The Kier molecular flexibility index (Phi) is 2.55. The molecule has 1 spiro atoms. The van der Waals surface area contributed by atoms with Crippen molar-refractivity contribution in [1.29, 1.82) is 0 Å². The molecule has 0 radical (unpaired) electrons. The number of rotatable bonds is 1. The summed E-state index contributed by atoms with van der Waals surface area (Å²) in [5.74, 6) is -0.691. The van der Waals surface area contributed by atoms with Crippen molar-refractivity contribution in [2.24, 2.45) is 5.14 Å². The molecule has 1 aromatic carbocycles. The van der Waals surface area contributed by atoms with Gasteiger partial charge in [0.1, 0.15) is 5.52 Å². The van der Waals surface area contributed by atoms with Crippen LogP contribution in [0.25, 0.3) is 17.0 Å². The number of ether oxygens (including phenoxy) is 2. The van der Waals surface area contributed by atoms with Crippen LogP contribution in [-0.4, -0.2) is 36.6 Å². The van der Waals surface area contributed by atoms with E-state index >= 15 is 0 Å². The predicted molar refractivity (Wildman–Crippen MR) is 75.6 cm³/mol. The van der Waals surface area contributed by atoms with Crippen molar-refractivity contribution in [3.05, 3.63) is 35.5 Å². The molecule has 1 aliphatic carbocycles. The minimum Gasteiger partial charge on any atom is -0.344 e. The molecule has 0 amide bonds. The van der Waals surface area contributed by atoms with Gasteiger partial charge in [0.15, 0.2) is 5.79 Å². The van der Waals surface area contributed by atoms with E-state index in [0.29, 0.717) is 25.2 Å². The summed E-state index contributed by atoms with van der Waals surface area (Å²) in [4.78, 5) is 0. The molecule has 0 atom stereocenters. The molecule has 2 aliphatic rings. The lowest BCUT2D eigenvalue weighted by Gasteiger charge is -2.28. The average Bonchev–Trinajstić information content (AvgIpc) is 3.05. The summed E-state index contributed by atoms with van der Waals surface area (Å²) in [6.07, 6.45) is 5.72. The summed E-state index contributed by atoms with van der Waals surface area (Å²) in [5, 5.41) is 9.91. The number of nitrogens with zero attached hydrogens (tertiary/aromatic N) is 2. The molecular formula is C13H13N3O4S. The Morgan fingerprint density at radius 3 is 2.76 bits per heavy atom. The highest BCUT2D eigenvalue weighted by Gasteiger charge is 2.37. The number of aromatic nitrogens is 2. The minimum atomic E-state index is -3.88. The highest BCUT2D eigenvalue weighted by atomic mass is 32.2. The van der Waals surface area contributed by atoms with E-state index < -0.39 is 16.0 Å². The van der Waals surface area contributed by atoms with Crippen LogP contribution in [0.2, 0.25) is 0 Å². The first-order valence-corrected chi connectivity index (χ1v) is 7.99. The third kappa shape index (κ3) is 1.99. The van der Waals surface area contributed by atoms with Gasteiger partial charge in [-0.25, -0.2) is 5.14 Å². The summed E-state index contributed by atoms with van der Waals surface area (Å²) >= 11 is 0. The second kappa shape index (κ2) is 4.14. The Morgan fingerprint density at radius 2 is 2.05 bits per heavy atom. The molecule has 2 heterocycles. The van der Waals surface area contributed by atoms with Crippen molar-refractivity contribution in [3.8, 4) is 0 Å². The molecular weight excluding hydrogens is 294 g/mol. The minimum absolute atomic E-state index is 0.571. The van der Waals surface area contributed by atoms with Gasteiger partial charge in [-0.05, 0) is 11.6 Å². The van der Waals surface area contributed by atoms with Gasteiger partial charge in [0.25, 0.3) is 0 Å². The quantitative estimate of drug-likeness (QED) is 0.822. The maximum Gasteiger partial charge on any atom is 0.317 e. The van der Waals surface area contributed by atoms with Crippen LogP contribution in [-0.2, 0) is 26.1 Å². The summed E-state index contributed by atoms with van der Waals surface area (Å²) < 4.78 is 34.9. The molecule has 7 nitrogen and oxygen atoms in total. The van der Waals surface area contributed by atoms with Crippen LogP contribution in [0.1, 0.15) is 11.1 Å². The molecule has 1 aliphatic heterocycles. The molecule has 21 heavy (non-hydrogen) atoms. The third-order valence-electron chi connectivity index (χ3n) is 3.76. The smallest absolute Gasteiger partial charge is 0.317 e. The van der Waals surface area contributed by atoms with E-state index in [0.717, 1.165) is 20.6 Å². The Hall–Kier alpha value is -1.74. The fourth-order valence-electron chi connectivity index (χ4n) is 2.80. The summed E-state index contributed by atoms with van der Waals surface area (Å²) in [6.45, 7) is 1.14. The number of hydrogen-bond acceptors (Lipinski definition) is 5. The number of hydrogen-bond donors (Lipinski definition) is 1. The maximum absolute atomic E-state index is 11.4. The Labute approximate surface area is 121 Å². The number of nitrogens with two attached hydrogens (primary N) is 1. The fraction of sp³-hybridized carbons (Fsp3) is 0.308. The normalized spacial score (nSPS) is 20.2. The molecule has 110 valence electrons. The summed E-state index contributed by atoms with van der Waals surface area (Å²) in [6, 6.07) is 3.76. The average molecular weight is 307 g/mol. The molecule has 2 N–H and O–H groups in total. The number of benzene rings is 1. The zero-order chi connectivity index (χ0) is 14.7. The van der Waals surface area contributed by atoms with Gasteiger partial charge < -0.3 is 9.47 Å². The lowest BCUT2D eigenvalue weighted by molar-refractivity contribution is -0.115. The summed E-state index contributed by atoms with van der Waals surface area (Å²) in [5.41, 5.74) is 2.48. The molecule has 1 fully saturated rings. The van der Waals surface area contributed by atoms with Crippen LogP contribution in [0.4, 0.5) is 0 Å². The Morgan fingerprint density at radius 1 is 1.29 bits per heavy atom. The summed E-state index contributed by atoms with van der Waals surface area (Å²) in [7, 11) is -3.88. The highest BCUT2D eigenvalue weighted by molar-refractivity contribution is 7.87. The van der Waals surface area contributed by atoms with Crippen molar-refractivity contribution >= 4 is 27.2 Å². The largest absolute Gasteiger partial charge is 0.344 e. The van der Waals surface area contributed by atoms with Gasteiger partial charge in [-0.15, -0.1) is 0 Å². The SMILES string of the molecule is NS(=O)(=O)n1cc2ccc3c(c2n1)C=CC1(C3)OCCO1. The van der Waals surface area contributed by atoms with Gasteiger partial charge in [-0.3, -0.25) is 0 Å². The topological polar surface area (TPSA) is 96.4 Å². The second-order valence-electron chi connectivity index (χ2n) is 5.14. The van der Waals surface area contributed by atoms with E-state index in [9.17, 15) is 8.42 Å². The van der Waals surface area contributed by atoms with Gasteiger partial charge >= 0.3 is 10.2 Å². The van der Waals surface area contributed by atoms with E-state index in [1.165, 1.54) is 6.20 Å². The van der Waals surface area contributed by atoms with Gasteiger partial charge in [0, 0.05) is 17.4 Å². The zero-order valence-corrected chi connectivity index (χ0v) is 11.8. The van der Waals surface area contributed by atoms with Gasteiger partial charge in [-0.2, -0.15) is 17.6 Å². The van der Waals surface area contributed by atoms with E-state index in [-0.39, 0.29) is 0 Å². The fourth-order valence-corrected chi connectivity index (χ4v) is 3.26. The first-order chi connectivity index (χ1) is 9.97. The van der Waals surface area contributed by atoms with Crippen LogP contribution in [0, 0.1) is 0 Å². The van der Waals surface area contributed by atoms with E-state index in [2.05, 4.69) is 5.10 Å². The Bertz CT molecular complexity index is 863. The molecule has 8 heteroatoms. The third-order valence-corrected chi connectivity index (χ3v) is 4.47. The van der Waals surface area contributed by atoms with Crippen LogP contribution in [0.3, 0.4) is 0 Å². The van der Waals surface area contributed by atoms with Gasteiger partial charge in [0.2, 0.25) is 0 Å². The highest BCUT2D eigenvalue weighted by Crippen LogP contribution is 2.35. The Balaban J connectivity index is 1.88. The molecule has 0 bridgehead atoms. The first-order valence-electron chi connectivity index (χ1n) is 6.49. The van der Waals surface area contributed by atoms with E-state index in [1.807, 2.05) is 24.3 Å². The van der Waals surface area contributed by atoms with Crippen molar-refractivity contribution < 1.29 is 17.9 Å². The standard InChI is InChI=1S/C13H13N3O4S/c14-21(17,18)16-8-10-2-1-9-7-13(19-5-6-20-13)4-3-11(9)12(10)15-16/h1-4,8H,5-7H2,(H2,14,17,18). The lowest BCUT2D eigenvalue weighted by atomic mass is 9.92. The molecule has 1 aromatic heterocycles. The molecule has 2 aromatic rings. The van der Waals surface area contributed by atoms with Crippen LogP contribution in [0.5, 0.6) is 0 Å². The molecule has 1 saturated heterocycles. The van der Waals surface area contributed by atoms with Crippen molar-refractivity contribution in [2.75, 3.05) is 13.2 Å². The van der Waals surface area contributed by atoms with E-state index in [4.69, 9.17) is 14.6 Å². The van der Waals surface area contributed by atoms with Crippen LogP contribution in [0.15, 0.2) is 24.4 Å². The number of fused-ring (bicyclic) bond motifs is 3. The molecule has 0 unspecified atom stereocenters. The van der Waals surface area contributed by atoms with Crippen molar-refractivity contribution in [3.63, 3.8) is 0 Å². The van der Waals surface area contributed by atoms with Gasteiger partial charge in [-0.1, -0.05) is 18.2 Å². The molecule has 4 rings (SSSR count). The maximum atomic E-state index is 11.4. The first kappa shape index (κ1) is 13.0. The van der Waals surface area contributed by atoms with Gasteiger partial charge in [0.05, 0.1) is 19.4 Å².